The highest BCUT2D eigenvalue weighted by Crippen LogP contribution is 2.22. The lowest BCUT2D eigenvalue weighted by Crippen LogP contribution is -2.39. The number of aliphatic hydroxyl groups excluding tert-OH is 1. The summed E-state index contributed by atoms with van der Waals surface area (Å²) in [6.07, 6.45) is 2.97. The Morgan fingerprint density at radius 1 is 1.44 bits per heavy atom. The van der Waals surface area contributed by atoms with Gasteiger partial charge < -0.3 is 10.8 Å². The van der Waals surface area contributed by atoms with E-state index in [9.17, 15) is 5.11 Å². The minimum Gasteiger partial charge on any atom is -0.393 e. The minimum atomic E-state index is -0.145. The summed E-state index contributed by atoms with van der Waals surface area (Å²) in [5.74, 6) is 0.304. The normalized spacial score (nSPS) is 45.0. The Labute approximate surface area is 56.1 Å². The van der Waals surface area contributed by atoms with Crippen LogP contribution in [0.25, 0.3) is 0 Å². The molecule has 1 aliphatic carbocycles. The van der Waals surface area contributed by atoms with E-state index in [0.29, 0.717) is 5.92 Å². The summed E-state index contributed by atoms with van der Waals surface area (Å²) in [5, 5.41) is 9.27. The topological polar surface area (TPSA) is 46.2 Å². The van der Waals surface area contributed by atoms with Crippen LogP contribution in [0.3, 0.4) is 0 Å². The van der Waals surface area contributed by atoms with Gasteiger partial charge >= 0.3 is 0 Å². The molecule has 1 saturated carbocycles. The molecular weight excluding hydrogens is 114 g/mol. The molecule has 0 aromatic carbocycles. The van der Waals surface area contributed by atoms with Crippen LogP contribution in [0.1, 0.15) is 26.2 Å². The quantitative estimate of drug-likeness (QED) is 0.500. The lowest BCUT2D eigenvalue weighted by Gasteiger charge is -2.29. The summed E-state index contributed by atoms with van der Waals surface area (Å²) in [4.78, 5) is 0. The average molecular weight is 129 g/mol. The lowest BCUT2D eigenvalue weighted by atomic mass is 9.84. The first kappa shape index (κ1) is 7.03. The van der Waals surface area contributed by atoms with E-state index in [2.05, 4.69) is 0 Å². The van der Waals surface area contributed by atoms with Crippen molar-refractivity contribution in [2.75, 3.05) is 0 Å². The second kappa shape index (κ2) is 2.67. The first-order valence-corrected chi connectivity index (χ1v) is 3.65. The number of hydrogen-bond acceptors (Lipinski definition) is 2. The highest BCUT2D eigenvalue weighted by atomic mass is 16.3. The molecule has 0 spiro atoms. The van der Waals surface area contributed by atoms with Crippen LogP contribution < -0.4 is 5.73 Å². The van der Waals surface area contributed by atoms with E-state index in [1.54, 1.807) is 0 Å². The van der Waals surface area contributed by atoms with Gasteiger partial charge in [-0.05, 0) is 25.2 Å². The van der Waals surface area contributed by atoms with E-state index in [4.69, 9.17) is 5.73 Å². The fourth-order valence-electron chi connectivity index (χ4n) is 1.37. The van der Waals surface area contributed by atoms with Crippen molar-refractivity contribution in [3.63, 3.8) is 0 Å². The van der Waals surface area contributed by atoms with Gasteiger partial charge in [-0.3, -0.25) is 0 Å². The molecule has 0 aliphatic heterocycles. The fourth-order valence-corrected chi connectivity index (χ4v) is 1.37. The van der Waals surface area contributed by atoms with E-state index in [1.807, 2.05) is 6.92 Å². The van der Waals surface area contributed by atoms with Crippen molar-refractivity contribution in [2.45, 2.75) is 38.3 Å². The molecule has 2 nitrogen and oxygen atoms in total. The summed E-state index contributed by atoms with van der Waals surface area (Å²) in [5.41, 5.74) is 5.71. The second-order valence-corrected chi connectivity index (χ2v) is 3.02. The van der Waals surface area contributed by atoms with Gasteiger partial charge in [0.1, 0.15) is 0 Å². The Morgan fingerprint density at radius 3 is 2.56 bits per heavy atom. The Kier molecular flexibility index (Phi) is 2.09. The molecule has 54 valence electrons. The Morgan fingerprint density at radius 2 is 2.11 bits per heavy atom. The summed E-state index contributed by atoms with van der Waals surface area (Å²) in [6, 6.07) is 0.230. The predicted octanol–water partition coefficient (Wildman–Crippen LogP) is 0.495. The monoisotopic (exact) mass is 129 g/mol. The van der Waals surface area contributed by atoms with Crippen LogP contribution in [-0.2, 0) is 0 Å². The molecule has 0 saturated heterocycles. The highest BCUT2D eigenvalue weighted by molar-refractivity contribution is 4.80. The Bertz CT molecular complexity index is 84.9. The zero-order chi connectivity index (χ0) is 6.85. The third-order valence-electron chi connectivity index (χ3n) is 2.32. The molecule has 3 atom stereocenters. The molecule has 0 aromatic heterocycles. The molecule has 0 heterocycles. The van der Waals surface area contributed by atoms with Crippen LogP contribution in [0, 0.1) is 5.92 Å². The number of hydrogen-bond donors (Lipinski definition) is 2. The molecule has 1 aliphatic rings. The molecule has 2 heteroatoms. The molecule has 0 bridgehead atoms. The van der Waals surface area contributed by atoms with Crippen molar-refractivity contribution in [3.05, 3.63) is 0 Å². The van der Waals surface area contributed by atoms with Gasteiger partial charge in [0.15, 0.2) is 0 Å². The number of nitrogens with two attached hydrogens (primary N) is 1. The van der Waals surface area contributed by atoms with Crippen LogP contribution in [0.5, 0.6) is 0 Å². The second-order valence-electron chi connectivity index (χ2n) is 3.02. The van der Waals surface area contributed by atoms with E-state index >= 15 is 0 Å². The van der Waals surface area contributed by atoms with Crippen molar-refractivity contribution >= 4 is 0 Å². The van der Waals surface area contributed by atoms with E-state index in [-0.39, 0.29) is 12.1 Å². The van der Waals surface area contributed by atoms with Crippen molar-refractivity contribution in [2.24, 2.45) is 11.7 Å². The van der Waals surface area contributed by atoms with Gasteiger partial charge in [0, 0.05) is 6.04 Å². The Balaban J connectivity index is 2.41. The van der Waals surface area contributed by atoms with Crippen LogP contribution in [0.15, 0.2) is 0 Å². The zero-order valence-electron chi connectivity index (χ0n) is 5.88. The van der Waals surface area contributed by atoms with Crippen LogP contribution in [0.4, 0.5) is 0 Å². The third kappa shape index (κ3) is 1.43. The van der Waals surface area contributed by atoms with Crippen molar-refractivity contribution in [1.82, 2.24) is 0 Å². The van der Waals surface area contributed by atoms with Gasteiger partial charge in [-0.2, -0.15) is 0 Å². The van der Waals surface area contributed by atoms with Crippen molar-refractivity contribution in [3.8, 4) is 0 Å². The standard InChI is InChI=1S/C7H15NO/c1-5-6(8)3-2-4-7(5)9/h5-7,9H,2-4,8H2,1H3/t5-,6+,7+/m1/s1. The van der Waals surface area contributed by atoms with Gasteiger partial charge in [-0.1, -0.05) is 6.92 Å². The van der Waals surface area contributed by atoms with Crippen molar-refractivity contribution < 1.29 is 5.11 Å². The van der Waals surface area contributed by atoms with Crippen LogP contribution in [0.2, 0.25) is 0 Å². The maximum absolute atomic E-state index is 9.27. The summed E-state index contributed by atoms with van der Waals surface area (Å²) in [7, 11) is 0. The fraction of sp³-hybridized carbons (Fsp3) is 1.00. The van der Waals surface area contributed by atoms with Gasteiger partial charge in [0.2, 0.25) is 0 Å². The molecule has 3 N–H and O–H groups in total. The SMILES string of the molecule is C[C@@H]1[C@@H](N)CCC[C@@H]1O. The van der Waals surface area contributed by atoms with E-state index < -0.39 is 0 Å². The first-order valence-electron chi connectivity index (χ1n) is 3.65. The third-order valence-corrected chi connectivity index (χ3v) is 2.32. The van der Waals surface area contributed by atoms with Gasteiger partial charge in [-0.25, -0.2) is 0 Å². The predicted molar refractivity (Wildman–Crippen MR) is 37.0 cm³/mol. The molecule has 9 heavy (non-hydrogen) atoms. The summed E-state index contributed by atoms with van der Waals surface area (Å²) >= 11 is 0. The number of aliphatic hydroxyl groups is 1. The molecule has 0 unspecified atom stereocenters. The summed E-state index contributed by atoms with van der Waals surface area (Å²) in [6.45, 7) is 2.02. The minimum absolute atomic E-state index is 0.145. The molecule has 1 fully saturated rings. The maximum atomic E-state index is 9.27. The summed E-state index contributed by atoms with van der Waals surface area (Å²) < 4.78 is 0. The van der Waals surface area contributed by atoms with Gasteiger partial charge in [0.05, 0.1) is 6.10 Å². The van der Waals surface area contributed by atoms with Crippen LogP contribution in [-0.4, -0.2) is 17.3 Å². The van der Waals surface area contributed by atoms with Crippen LogP contribution >= 0.6 is 0 Å². The molecule has 0 aromatic rings. The molecule has 0 amide bonds. The maximum Gasteiger partial charge on any atom is 0.0580 e. The smallest absolute Gasteiger partial charge is 0.0580 e. The van der Waals surface area contributed by atoms with E-state index in [1.165, 1.54) is 0 Å². The molecule has 0 radical (unpaired) electrons. The molecule has 1 rings (SSSR count). The first-order chi connectivity index (χ1) is 4.22. The van der Waals surface area contributed by atoms with Crippen molar-refractivity contribution in [1.29, 1.82) is 0 Å². The Hall–Kier alpha value is -0.0800. The largest absolute Gasteiger partial charge is 0.393 e. The van der Waals surface area contributed by atoms with Gasteiger partial charge in [-0.15, -0.1) is 0 Å². The molecular formula is C7H15NO. The average Bonchev–Trinajstić information content (AvgIpc) is 1.83. The lowest BCUT2D eigenvalue weighted by molar-refractivity contribution is 0.0671. The van der Waals surface area contributed by atoms with E-state index in [0.717, 1.165) is 19.3 Å². The number of rotatable bonds is 0. The zero-order valence-corrected chi connectivity index (χ0v) is 5.88. The highest BCUT2D eigenvalue weighted by Gasteiger charge is 2.24. The van der Waals surface area contributed by atoms with Gasteiger partial charge in [0.25, 0.3) is 0 Å².